The van der Waals surface area contributed by atoms with E-state index in [-0.39, 0.29) is 0 Å². The molecule has 19 heavy (non-hydrogen) atoms. The van der Waals surface area contributed by atoms with Gasteiger partial charge in [-0.15, -0.1) is 0 Å². The summed E-state index contributed by atoms with van der Waals surface area (Å²) in [6.07, 6.45) is 1.18. The Morgan fingerprint density at radius 3 is 2.26 bits per heavy atom. The van der Waals surface area contributed by atoms with Gasteiger partial charge in [-0.3, -0.25) is 0 Å². The quantitative estimate of drug-likeness (QED) is 0.726. The fraction of sp³-hybridized carbons (Fsp3) is 0.647. The smallest absolute Gasteiger partial charge is 0.119 e. The summed E-state index contributed by atoms with van der Waals surface area (Å²) < 4.78 is 6.42. The van der Waals surface area contributed by atoms with E-state index in [2.05, 4.69) is 32.2 Å². The second-order valence-electron chi connectivity index (χ2n) is 4.70. The van der Waals surface area contributed by atoms with Gasteiger partial charge in [0.2, 0.25) is 0 Å². The SMILES string of the molecule is CC.CC.CC[N+]1(C)CCc2cc(OC)ccc2C1. The van der Waals surface area contributed by atoms with E-state index in [1.807, 2.05) is 27.7 Å². The van der Waals surface area contributed by atoms with Crippen molar-refractivity contribution in [1.82, 2.24) is 0 Å². The standard InChI is InChI=1S/C13H20NO.2C2H6/c1-4-14(2)8-7-11-9-13(15-3)6-5-12(11)10-14;2*1-2/h5-6,9H,4,7-8,10H2,1-3H3;2*1-2H3/q+1;;. The molecule has 0 amide bonds. The predicted octanol–water partition coefficient (Wildman–Crippen LogP) is 4.27. The van der Waals surface area contributed by atoms with Crippen molar-refractivity contribution in [1.29, 1.82) is 0 Å². The van der Waals surface area contributed by atoms with Gasteiger partial charge in [-0.1, -0.05) is 27.7 Å². The minimum absolute atomic E-state index is 0.987. The van der Waals surface area contributed by atoms with E-state index in [0.29, 0.717) is 0 Å². The Bertz CT molecular complexity index is 362. The monoisotopic (exact) mass is 266 g/mol. The highest BCUT2D eigenvalue weighted by molar-refractivity contribution is 5.36. The van der Waals surface area contributed by atoms with Crippen LogP contribution in [0, 0.1) is 0 Å². The lowest BCUT2D eigenvalue weighted by Gasteiger charge is -2.37. The lowest BCUT2D eigenvalue weighted by Crippen LogP contribution is -2.47. The molecule has 1 aliphatic heterocycles. The molecule has 1 aromatic carbocycles. The minimum atomic E-state index is 0.987. The molecule has 2 nitrogen and oxygen atoms in total. The number of quaternary nitrogens is 1. The summed E-state index contributed by atoms with van der Waals surface area (Å²) in [6.45, 7) is 13.9. The summed E-state index contributed by atoms with van der Waals surface area (Å²) in [5.41, 5.74) is 2.96. The molecule has 1 atom stereocenters. The number of likely N-dealkylation sites (N-methyl/N-ethyl adjacent to an activating group) is 1. The molecule has 1 aromatic rings. The Morgan fingerprint density at radius 1 is 1.11 bits per heavy atom. The second kappa shape index (κ2) is 8.98. The lowest BCUT2D eigenvalue weighted by molar-refractivity contribution is -0.922. The molecule has 0 saturated carbocycles. The average molecular weight is 266 g/mol. The van der Waals surface area contributed by atoms with Crippen LogP contribution in [0.2, 0.25) is 0 Å². The number of benzene rings is 1. The lowest BCUT2D eigenvalue weighted by atomic mass is 9.98. The van der Waals surface area contributed by atoms with Gasteiger partial charge < -0.3 is 9.22 Å². The summed E-state index contributed by atoms with van der Waals surface area (Å²) in [5, 5.41) is 0. The average Bonchev–Trinajstić information content (AvgIpc) is 2.51. The third-order valence-electron chi connectivity index (χ3n) is 3.65. The maximum Gasteiger partial charge on any atom is 0.119 e. The van der Waals surface area contributed by atoms with Gasteiger partial charge in [-0.25, -0.2) is 0 Å². The highest BCUT2D eigenvalue weighted by Crippen LogP contribution is 2.26. The van der Waals surface area contributed by atoms with Crippen molar-refractivity contribution in [2.45, 2.75) is 47.6 Å². The minimum Gasteiger partial charge on any atom is -0.497 e. The molecule has 0 saturated heterocycles. The largest absolute Gasteiger partial charge is 0.497 e. The van der Waals surface area contributed by atoms with Gasteiger partial charge in [-0.05, 0) is 30.7 Å². The number of hydrogen-bond donors (Lipinski definition) is 0. The Hall–Kier alpha value is -1.02. The topological polar surface area (TPSA) is 9.23 Å². The number of methoxy groups -OCH3 is 1. The first-order chi connectivity index (χ1) is 9.17. The van der Waals surface area contributed by atoms with Crippen molar-refractivity contribution in [3.05, 3.63) is 29.3 Å². The van der Waals surface area contributed by atoms with Crippen molar-refractivity contribution >= 4 is 0 Å². The van der Waals surface area contributed by atoms with Crippen molar-refractivity contribution in [3.63, 3.8) is 0 Å². The maximum atomic E-state index is 5.25. The maximum absolute atomic E-state index is 5.25. The number of ether oxygens (including phenoxy) is 1. The van der Waals surface area contributed by atoms with Crippen molar-refractivity contribution in [2.24, 2.45) is 0 Å². The van der Waals surface area contributed by atoms with Gasteiger partial charge in [0.15, 0.2) is 0 Å². The summed E-state index contributed by atoms with van der Waals surface area (Å²) in [6, 6.07) is 6.48. The first-order valence-corrected chi connectivity index (χ1v) is 7.66. The Morgan fingerprint density at radius 2 is 1.74 bits per heavy atom. The molecule has 1 aliphatic rings. The normalized spacial score (nSPS) is 20.2. The molecule has 0 aliphatic carbocycles. The van der Waals surface area contributed by atoms with E-state index in [1.54, 1.807) is 7.11 Å². The highest BCUT2D eigenvalue weighted by Gasteiger charge is 2.26. The van der Waals surface area contributed by atoms with Crippen LogP contribution in [0.15, 0.2) is 18.2 Å². The summed E-state index contributed by atoms with van der Waals surface area (Å²) in [5.74, 6) is 0.987. The fourth-order valence-corrected chi connectivity index (χ4v) is 2.27. The van der Waals surface area contributed by atoms with Crippen molar-refractivity contribution < 1.29 is 9.22 Å². The molecule has 2 heteroatoms. The Kier molecular flexibility index (Phi) is 8.49. The van der Waals surface area contributed by atoms with E-state index in [4.69, 9.17) is 4.74 Å². The first kappa shape index (κ1) is 18.0. The zero-order valence-electron chi connectivity index (χ0n) is 13.9. The first-order valence-electron chi connectivity index (χ1n) is 7.66. The van der Waals surface area contributed by atoms with Gasteiger partial charge in [0.25, 0.3) is 0 Å². The number of hydrogen-bond acceptors (Lipinski definition) is 1. The van der Waals surface area contributed by atoms with Crippen molar-refractivity contribution in [2.75, 3.05) is 27.2 Å². The number of rotatable bonds is 2. The predicted molar refractivity (Wildman–Crippen MR) is 84.7 cm³/mol. The fourth-order valence-electron chi connectivity index (χ4n) is 2.27. The van der Waals surface area contributed by atoms with E-state index in [0.717, 1.165) is 12.3 Å². The third-order valence-corrected chi connectivity index (χ3v) is 3.65. The molecule has 0 fully saturated rings. The Labute approximate surface area is 120 Å². The zero-order valence-corrected chi connectivity index (χ0v) is 13.9. The molecule has 1 unspecified atom stereocenters. The molecule has 0 aromatic heterocycles. The van der Waals surface area contributed by atoms with Crippen LogP contribution in [-0.2, 0) is 13.0 Å². The van der Waals surface area contributed by atoms with Crippen LogP contribution in [0.1, 0.15) is 45.7 Å². The molecule has 0 bridgehead atoms. The molecular weight excluding hydrogens is 234 g/mol. The second-order valence-corrected chi connectivity index (χ2v) is 4.70. The third kappa shape index (κ3) is 4.87. The molecule has 2 rings (SSSR count). The van der Waals surface area contributed by atoms with Gasteiger partial charge >= 0.3 is 0 Å². The molecule has 0 N–H and O–H groups in total. The van der Waals surface area contributed by atoms with Crippen molar-refractivity contribution in [3.8, 4) is 5.75 Å². The highest BCUT2D eigenvalue weighted by atomic mass is 16.5. The van der Waals surface area contributed by atoms with E-state index >= 15 is 0 Å². The molecule has 1 heterocycles. The summed E-state index contributed by atoms with van der Waals surface area (Å²) in [4.78, 5) is 0. The van der Waals surface area contributed by atoms with Gasteiger partial charge in [0.1, 0.15) is 12.3 Å². The Balaban J connectivity index is 0.000000741. The van der Waals surface area contributed by atoms with E-state index in [9.17, 15) is 0 Å². The van der Waals surface area contributed by atoms with Gasteiger partial charge in [0.05, 0.1) is 27.2 Å². The molecule has 0 radical (unpaired) electrons. The molecular formula is C17H32NO+. The van der Waals surface area contributed by atoms with Crippen LogP contribution in [0.4, 0.5) is 0 Å². The molecule has 0 spiro atoms. The van der Waals surface area contributed by atoms with Crippen LogP contribution in [0.3, 0.4) is 0 Å². The molecule has 110 valence electrons. The van der Waals surface area contributed by atoms with Gasteiger partial charge in [-0.2, -0.15) is 0 Å². The van der Waals surface area contributed by atoms with E-state index < -0.39 is 0 Å². The summed E-state index contributed by atoms with van der Waals surface area (Å²) >= 11 is 0. The van der Waals surface area contributed by atoms with Crippen LogP contribution >= 0.6 is 0 Å². The van der Waals surface area contributed by atoms with Crippen LogP contribution in [-0.4, -0.2) is 31.7 Å². The van der Waals surface area contributed by atoms with Crippen LogP contribution < -0.4 is 4.74 Å². The zero-order chi connectivity index (χ0) is 14.9. The van der Waals surface area contributed by atoms with Crippen LogP contribution in [0.5, 0.6) is 5.75 Å². The number of fused-ring (bicyclic) bond motifs is 1. The summed E-state index contributed by atoms with van der Waals surface area (Å²) in [7, 11) is 4.07. The number of nitrogens with zero attached hydrogens (tertiary/aromatic N) is 1. The van der Waals surface area contributed by atoms with E-state index in [1.165, 1.54) is 35.1 Å². The van der Waals surface area contributed by atoms with Gasteiger partial charge in [0, 0.05) is 12.0 Å². The van der Waals surface area contributed by atoms with Crippen LogP contribution in [0.25, 0.3) is 0 Å².